The highest BCUT2D eigenvalue weighted by Gasteiger charge is 2.26. The van der Waals surface area contributed by atoms with Crippen molar-refractivity contribution in [2.75, 3.05) is 45.2 Å². The van der Waals surface area contributed by atoms with E-state index in [4.69, 9.17) is 24.9 Å². The summed E-state index contributed by atoms with van der Waals surface area (Å²) in [5.74, 6) is 1.74. The number of nitriles is 1. The summed E-state index contributed by atoms with van der Waals surface area (Å²) in [5.41, 5.74) is 7.66. The SMILES string of the molecule is C/C=N\N1C=CC(Oc2ccc(N=C(N)c3nc4c(cc3OC#N)OCC(C)CN4CCCCC)c(F)c2C)=C/C1=C\CC.CC(=O)/C=C/CN(C)C. The summed E-state index contributed by atoms with van der Waals surface area (Å²) in [7, 11) is 3.93. The van der Waals surface area contributed by atoms with Crippen molar-refractivity contribution in [3.05, 3.63) is 83.3 Å². The van der Waals surface area contributed by atoms with Gasteiger partial charge < -0.3 is 29.7 Å². The molecule has 1 aromatic heterocycles. The number of pyridine rings is 1. The molecule has 2 N–H and O–H groups in total. The number of halogens is 1. The highest BCUT2D eigenvalue weighted by Crippen LogP contribution is 2.37. The minimum absolute atomic E-state index is 0.000124. The van der Waals surface area contributed by atoms with Gasteiger partial charge in [0.05, 0.1) is 12.3 Å². The number of ether oxygens (including phenoxy) is 3. The van der Waals surface area contributed by atoms with Crippen molar-refractivity contribution in [1.29, 1.82) is 5.26 Å². The number of amidine groups is 1. The van der Waals surface area contributed by atoms with Crippen LogP contribution in [0.1, 0.15) is 71.6 Å². The maximum atomic E-state index is 15.7. The van der Waals surface area contributed by atoms with Gasteiger partial charge in [0.1, 0.15) is 17.2 Å². The molecule has 0 radical (unpaired) electrons. The number of hydrogen-bond acceptors (Lipinski definition) is 11. The number of ketones is 1. The van der Waals surface area contributed by atoms with Crippen LogP contribution in [0.15, 0.2) is 76.3 Å². The number of carbonyl (C=O) groups is 1. The number of hydrogen-bond donors (Lipinski definition) is 1. The number of hydrazone groups is 1. The third kappa shape index (κ3) is 12.6. The lowest BCUT2D eigenvalue weighted by atomic mass is 10.1. The number of nitrogens with zero attached hydrogens (tertiary/aromatic N) is 7. The van der Waals surface area contributed by atoms with Gasteiger partial charge in [0, 0.05) is 55.7 Å². The second kappa shape index (κ2) is 21.1. The first kappa shape index (κ1) is 41.9. The van der Waals surface area contributed by atoms with Crippen LogP contribution in [0.4, 0.5) is 15.9 Å². The average molecular weight is 729 g/mol. The molecule has 53 heavy (non-hydrogen) atoms. The van der Waals surface area contributed by atoms with E-state index in [1.54, 1.807) is 61.8 Å². The molecular weight excluding hydrogens is 675 g/mol. The number of unbranched alkanes of at least 4 members (excludes halogenated alkanes) is 2. The molecule has 0 bridgehead atoms. The number of rotatable bonds is 14. The van der Waals surface area contributed by atoms with Gasteiger partial charge in [-0.25, -0.2) is 19.4 Å². The molecule has 0 aliphatic carbocycles. The normalized spacial score (nSPS) is 16.5. The Hall–Kier alpha value is -5.48. The van der Waals surface area contributed by atoms with E-state index in [1.807, 2.05) is 51.1 Å². The fourth-order valence-electron chi connectivity index (χ4n) is 5.34. The van der Waals surface area contributed by atoms with Crippen molar-refractivity contribution in [1.82, 2.24) is 14.9 Å². The number of aliphatic imine (C=N–C) groups is 1. The first-order chi connectivity index (χ1) is 25.4. The Labute approximate surface area is 313 Å². The fourth-order valence-corrected chi connectivity index (χ4v) is 5.34. The van der Waals surface area contributed by atoms with E-state index in [1.165, 1.54) is 6.07 Å². The van der Waals surface area contributed by atoms with Crippen LogP contribution in [0.2, 0.25) is 0 Å². The van der Waals surface area contributed by atoms with Crippen molar-refractivity contribution in [2.24, 2.45) is 21.7 Å². The number of fused-ring (bicyclic) bond motifs is 1. The Morgan fingerprint density at radius 1 is 1.26 bits per heavy atom. The van der Waals surface area contributed by atoms with Crippen molar-refractivity contribution in [3.8, 4) is 23.5 Å². The van der Waals surface area contributed by atoms with E-state index < -0.39 is 5.82 Å². The summed E-state index contributed by atoms with van der Waals surface area (Å²) in [6.07, 6.45) is 18.2. The molecule has 0 amide bonds. The molecule has 0 saturated heterocycles. The molecule has 3 heterocycles. The maximum absolute atomic E-state index is 15.7. The third-order valence-electron chi connectivity index (χ3n) is 7.91. The molecule has 1 aromatic carbocycles. The first-order valence-corrected chi connectivity index (χ1v) is 17.9. The number of nitrogens with two attached hydrogens (primary N) is 1. The van der Waals surface area contributed by atoms with Gasteiger partial charge in [0.2, 0.25) is 0 Å². The second-order valence-electron chi connectivity index (χ2n) is 12.9. The van der Waals surface area contributed by atoms with E-state index in [0.29, 0.717) is 29.7 Å². The molecule has 2 aromatic rings. The third-order valence-corrected chi connectivity index (χ3v) is 7.91. The van der Waals surface area contributed by atoms with Crippen LogP contribution in [-0.2, 0) is 4.79 Å². The topological polar surface area (TPSA) is 142 Å². The van der Waals surface area contributed by atoms with Crippen LogP contribution in [0.25, 0.3) is 0 Å². The molecule has 0 saturated carbocycles. The largest absolute Gasteiger partial charge is 0.489 e. The molecular formula is C40H53FN8O4. The Morgan fingerprint density at radius 2 is 2.04 bits per heavy atom. The smallest absolute Gasteiger partial charge is 0.292 e. The quantitative estimate of drug-likeness (QED) is 0.0682. The van der Waals surface area contributed by atoms with E-state index in [-0.39, 0.29) is 40.2 Å². The van der Waals surface area contributed by atoms with Crippen LogP contribution < -0.4 is 24.8 Å². The Morgan fingerprint density at radius 3 is 2.70 bits per heavy atom. The molecule has 1 unspecified atom stereocenters. The van der Waals surface area contributed by atoms with E-state index in [2.05, 4.69) is 28.8 Å². The molecule has 2 aliphatic rings. The van der Waals surface area contributed by atoms with E-state index in [9.17, 15) is 10.1 Å². The Kier molecular flexibility index (Phi) is 16.7. The summed E-state index contributed by atoms with van der Waals surface area (Å²) < 4.78 is 32.9. The van der Waals surface area contributed by atoms with Crippen molar-refractivity contribution in [2.45, 2.75) is 67.2 Å². The predicted molar refractivity (Wildman–Crippen MR) is 209 cm³/mol. The van der Waals surface area contributed by atoms with Gasteiger partial charge in [-0.3, -0.25) is 4.79 Å². The molecule has 13 heteroatoms. The molecule has 12 nitrogen and oxygen atoms in total. The van der Waals surface area contributed by atoms with Crippen molar-refractivity contribution >= 4 is 29.3 Å². The molecule has 2 aliphatic heterocycles. The van der Waals surface area contributed by atoms with E-state index >= 15 is 4.39 Å². The van der Waals surface area contributed by atoms with E-state index in [0.717, 1.165) is 51.0 Å². The zero-order chi connectivity index (χ0) is 38.9. The van der Waals surface area contributed by atoms with Gasteiger partial charge >= 0.3 is 0 Å². The number of benzene rings is 1. The summed E-state index contributed by atoms with van der Waals surface area (Å²) in [6, 6.07) is 4.73. The summed E-state index contributed by atoms with van der Waals surface area (Å²) in [4.78, 5) is 23.6. The van der Waals surface area contributed by atoms with Gasteiger partial charge in [-0.2, -0.15) is 5.10 Å². The van der Waals surface area contributed by atoms with Crippen molar-refractivity contribution in [3.63, 3.8) is 0 Å². The average Bonchev–Trinajstić information content (AvgIpc) is 3.26. The number of aromatic nitrogens is 1. The lowest BCUT2D eigenvalue weighted by Gasteiger charge is -2.25. The van der Waals surface area contributed by atoms with Crippen LogP contribution in [0, 0.1) is 30.2 Å². The molecule has 4 rings (SSSR count). The fraction of sp³-hybridized carbons (Fsp3) is 0.425. The van der Waals surface area contributed by atoms with Gasteiger partial charge in [0.15, 0.2) is 40.4 Å². The number of allylic oxidation sites excluding steroid dienone is 4. The van der Waals surface area contributed by atoms with Gasteiger partial charge in [-0.05, 0) is 72.0 Å². The van der Waals surface area contributed by atoms with Crippen LogP contribution in [-0.4, -0.2) is 73.1 Å². The molecule has 0 spiro atoms. The van der Waals surface area contributed by atoms with Gasteiger partial charge in [-0.15, -0.1) is 5.26 Å². The maximum Gasteiger partial charge on any atom is 0.292 e. The van der Waals surface area contributed by atoms with Crippen LogP contribution in [0.3, 0.4) is 0 Å². The molecule has 284 valence electrons. The highest BCUT2D eigenvalue weighted by atomic mass is 19.1. The minimum atomic E-state index is -0.594. The lowest BCUT2D eigenvalue weighted by Crippen LogP contribution is -2.30. The summed E-state index contributed by atoms with van der Waals surface area (Å²) in [5, 5.41) is 15.4. The first-order valence-electron chi connectivity index (χ1n) is 17.9. The Balaban J connectivity index is 0.000000743. The zero-order valence-electron chi connectivity index (χ0n) is 32.2. The predicted octanol–water partition coefficient (Wildman–Crippen LogP) is 7.54. The summed E-state index contributed by atoms with van der Waals surface area (Å²) in [6.45, 7) is 14.2. The van der Waals surface area contributed by atoms with Crippen LogP contribution in [0.5, 0.6) is 17.2 Å². The molecule has 1 atom stereocenters. The standard InChI is InChI=1S/C33H40FN7O3.C7H13NO/c1-6-9-10-15-40-19-22(4)20-42-29-18-28(43-21-35)31(39-33(29)40)32(36)38-26-12-13-27(23(5)30(26)34)44-25-14-16-41(37-8-3)24(17-25)11-7-2;1-7(9)5-4-6-8(2)3/h8,11-14,16-18,22H,6-7,9-10,15,19-20H2,1-5H3,(H2,36,38);4-5H,6H2,1-3H3/b24-11+,37-8-;5-4+. The Bertz CT molecular complexity index is 1790. The number of carbonyl (C=O) groups excluding carboxylic acids is 1. The van der Waals surface area contributed by atoms with Crippen LogP contribution >= 0.6 is 0 Å². The zero-order valence-corrected chi connectivity index (χ0v) is 32.2. The highest BCUT2D eigenvalue weighted by molar-refractivity contribution is 6.00. The second-order valence-corrected chi connectivity index (χ2v) is 12.9. The molecule has 0 fully saturated rings. The minimum Gasteiger partial charge on any atom is -0.489 e. The van der Waals surface area contributed by atoms with Crippen molar-refractivity contribution < 1.29 is 23.4 Å². The number of anilines is 1. The lowest BCUT2D eigenvalue weighted by molar-refractivity contribution is -0.112. The van der Waals surface area contributed by atoms with Gasteiger partial charge in [-0.1, -0.05) is 45.8 Å². The van der Waals surface area contributed by atoms with Gasteiger partial charge in [0.25, 0.3) is 6.26 Å². The number of likely N-dealkylation sites (N-methyl/N-ethyl adjacent to an activating group) is 1. The summed E-state index contributed by atoms with van der Waals surface area (Å²) >= 11 is 0. The monoisotopic (exact) mass is 728 g/mol.